The van der Waals surface area contributed by atoms with Crippen LogP contribution in [0.4, 0.5) is 0 Å². The van der Waals surface area contributed by atoms with Crippen molar-refractivity contribution >= 4 is 16.9 Å². The van der Waals surface area contributed by atoms with E-state index in [4.69, 9.17) is 9.72 Å². The van der Waals surface area contributed by atoms with Gasteiger partial charge in [-0.05, 0) is 31.9 Å². The van der Waals surface area contributed by atoms with Gasteiger partial charge in [0.25, 0.3) is 5.56 Å². The number of hydrogen-bond acceptors (Lipinski definition) is 6. The van der Waals surface area contributed by atoms with Crippen molar-refractivity contribution in [3.63, 3.8) is 0 Å². The van der Waals surface area contributed by atoms with Crippen molar-refractivity contribution in [2.24, 2.45) is 0 Å². The molecule has 4 heterocycles. The molecule has 5 rings (SSSR count). The number of carbonyl (C=O) groups is 1. The number of hydrogen-bond donors (Lipinski definition) is 2. The Labute approximate surface area is 208 Å². The molecule has 2 atom stereocenters. The lowest BCUT2D eigenvalue weighted by molar-refractivity contribution is -0.202. The Hall–Kier alpha value is -3.24. The summed E-state index contributed by atoms with van der Waals surface area (Å²) >= 11 is 0. The van der Waals surface area contributed by atoms with Gasteiger partial charge in [-0.1, -0.05) is 26.0 Å². The lowest BCUT2D eigenvalue weighted by Gasteiger charge is -2.51. The number of imidazole rings is 1. The summed E-state index contributed by atoms with van der Waals surface area (Å²) in [6.45, 7) is 7.14. The first-order valence-electron chi connectivity index (χ1n) is 12.5. The van der Waals surface area contributed by atoms with E-state index in [9.17, 15) is 19.5 Å². The molecule has 0 unspecified atom stereocenters. The third-order valence-corrected chi connectivity index (χ3v) is 7.66. The monoisotopic (exact) mass is 495 g/mol. The molecule has 10 nitrogen and oxygen atoms in total. The van der Waals surface area contributed by atoms with Crippen LogP contribution in [-0.4, -0.2) is 65.9 Å². The van der Waals surface area contributed by atoms with Crippen LogP contribution in [0, 0.1) is 0 Å². The zero-order valence-corrected chi connectivity index (χ0v) is 20.9. The van der Waals surface area contributed by atoms with Crippen LogP contribution >= 0.6 is 0 Å². The minimum Gasteiger partial charge on any atom is -0.386 e. The molecule has 2 saturated heterocycles. The fourth-order valence-electron chi connectivity index (χ4n) is 5.55. The minimum absolute atomic E-state index is 0.0334. The second kappa shape index (κ2) is 9.01. The summed E-state index contributed by atoms with van der Waals surface area (Å²) in [5.74, 6) is 1.11. The van der Waals surface area contributed by atoms with E-state index in [2.05, 4.69) is 18.8 Å². The Kier molecular flexibility index (Phi) is 6.12. The number of carbonyl (C=O) groups excluding carboxylic acids is 1. The molecule has 2 aliphatic heterocycles. The molecule has 192 valence electrons. The van der Waals surface area contributed by atoms with Crippen molar-refractivity contribution in [3.8, 4) is 0 Å². The van der Waals surface area contributed by atoms with Gasteiger partial charge in [0.1, 0.15) is 18.0 Å². The van der Waals surface area contributed by atoms with Crippen LogP contribution in [0.2, 0.25) is 0 Å². The lowest BCUT2D eigenvalue weighted by atomic mass is 9.77. The van der Waals surface area contributed by atoms with Gasteiger partial charge in [-0.15, -0.1) is 0 Å². The third-order valence-electron chi connectivity index (χ3n) is 7.66. The van der Waals surface area contributed by atoms with E-state index < -0.39 is 28.5 Å². The Balaban J connectivity index is 1.31. The van der Waals surface area contributed by atoms with Gasteiger partial charge in [-0.2, -0.15) is 0 Å². The van der Waals surface area contributed by atoms with E-state index in [1.807, 2.05) is 33.7 Å². The van der Waals surface area contributed by atoms with Crippen LogP contribution in [-0.2, 0) is 16.1 Å². The Morgan fingerprint density at radius 2 is 1.94 bits per heavy atom. The molecule has 10 heteroatoms. The molecule has 1 amide bonds. The number of aliphatic hydroxyl groups is 1. The highest BCUT2D eigenvalue weighted by Crippen LogP contribution is 2.43. The van der Waals surface area contributed by atoms with Gasteiger partial charge >= 0.3 is 5.69 Å². The van der Waals surface area contributed by atoms with Crippen molar-refractivity contribution in [1.82, 2.24) is 24.0 Å². The van der Waals surface area contributed by atoms with E-state index in [0.29, 0.717) is 32.4 Å². The molecular weight excluding hydrogens is 462 g/mol. The number of rotatable bonds is 4. The van der Waals surface area contributed by atoms with Gasteiger partial charge in [0, 0.05) is 37.7 Å². The summed E-state index contributed by atoms with van der Waals surface area (Å²) in [5.41, 5.74) is -1.00. The fourth-order valence-corrected chi connectivity index (χ4v) is 5.55. The van der Waals surface area contributed by atoms with Crippen LogP contribution in [0.1, 0.15) is 57.8 Å². The maximum Gasteiger partial charge on any atom is 0.328 e. The van der Waals surface area contributed by atoms with E-state index in [0.717, 1.165) is 16.9 Å². The molecule has 1 aromatic carbocycles. The molecule has 1 spiro atoms. The second-order valence-corrected chi connectivity index (χ2v) is 10.6. The molecule has 0 bridgehead atoms. The number of nitrogens with one attached hydrogen (secondary N) is 1. The highest BCUT2D eigenvalue weighted by atomic mass is 16.5. The number of H-pyrrole nitrogens is 1. The summed E-state index contributed by atoms with van der Waals surface area (Å²) in [7, 11) is 0. The average molecular weight is 496 g/mol. The zero-order chi connectivity index (χ0) is 25.7. The van der Waals surface area contributed by atoms with E-state index in [1.165, 1.54) is 16.8 Å². The molecule has 2 N–H and O–H groups in total. The van der Waals surface area contributed by atoms with Crippen molar-refractivity contribution in [3.05, 3.63) is 63.2 Å². The topological polar surface area (TPSA) is 122 Å². The molecule has 3 aromatic rings. The molecule has 2 aromatic heterocycles. The quantitative estimate of drug-likeness (QED) is 0.569. The Morgan fingerprint density at radius 1 is 1.22 bits per heavy atom. The van der Waals surface area contributed by atoms with E-state index in [-0.39, 0.29) is 25.0 Å². The summed E-state index contributed by atoms with van der Waals surface area (Å²) in [6.07, 6.45) is 3.05. The summed E-state index contributed by atoms with van der Waals surface area (Å²) in [6, 6.07) is 8.60. The first-order chi connectivity index (χ1) is 17.1. The molecule has 0 saturated carbocycles. The van der Waals surface area contributed by atoms with Crippen molar-refractivity contribution in [1.29, 1.82) is 0 Å². The van der Waals surface area contributed by atoms with Crippen molar-refractivity contribution < 1.29 is 14.6 Å². The standard InChI is InChI=1S/C26H33N5O5/c1-17(2)23-27-18-6-4-5-7-19(18)31(23)15-22(33)29-12-9-26(10-13-29)14-20(25(3,35)16-36-26)30-11-8-21(32)28-24(30)34/h4-8,11,17,20,35H,9-10,12-16H2,1-3H3,(H,28,32,34)/t20-,25-/m0/s1. The Bertz CT molecular complexity index is 1390. The fraction of sp³-hybridized carbons (Fsp3) is 0.538. The van der Waals surface area contributed by atoms with Gasteiger partial charge < -0.3 is 19.3 Å². The number of fused-ring (bicyclic) bond motifs is 1. The van der Waals surface area contributed by atoms with Gasteiger partial charge in [0.15, 0.2) is 0 Å². The number of para-hydroxylation sites is 2. The van der Waals surface area contributed by atoms with Crippen LogP contribution < -0.4 is 11.2 Å². The molecule has 0 radical (unpaired) electrons. The van der Waals surface area contributed by atoms with Gasteiger partial charge in [0.05, 0.1) is 29.3 Å². The highest BCUT2D eigenvalue weighted by Gasteiger charge is 2.49. The summed E-state index contributed by atoms with van der Waals surface area (Å²) < 4.78 is 9.59. The maximum atomic E-state index is 13.3. The van der Waals surface area contributed by atoms with Crippen LogP contribution in [0.15, 0.2) is 46.1 Å². The van der Waals surface area contributed by atoms with E-state index >= 15 is 0 Å². The van der Waals surface area contributed by atoms with Gasteiger partial charge in [0.2, 0.25) is 5.91 Å². The van der Waals surface area contributed by atoms with Gasteiger partial charge in [-0.25, -0.2) is 9.78 Å². The Morgan fingerprint density at radius 3 is 2.64 bits per heavy atom. The van der Waals surface area contributed by atoms with Crippen LogP contribution in [0.25, 0.3) is 11.0 Å². The van der Waals surface area contributed by atoms with Crippen molar-refractivity contribution in [2.75, 3.05) is 19.7 Å². The largest absolute Gasteiger partial charge is 0.386 e. The number of piperidine rings is 1. The smallest absolute Gasteiger partial charge is 0.328 e. The summed E-state index contributed by atoms with van der Waals surface area (Å²) in [5, 5.41) is 11.0. The number of benzene rings is 1. The number of likely N-dealkylation sites (tertiary alicyclic amines) is 1. The number of aromatic amines is 1. The van der Waals surface area contributed by atoms with Crippen molar-refractivity contribution in [2.45, 2.75) is 69.7 Å². The molecule has 2 fully saturated rings. The highest BCUT2D eigenvalue weighted by molar-refractivity contribution is 5.81. The minimum atomic E-state index is -1.27. The third kappa shape index (κ3) is 4.39. The van der Waals surface area contributed by atoms with Gasteiger partial charge in [-0.3, -0.25) is 19.1 Å². The number of nitrogens with zero attached hydrogens (tertiary/aromatic N) is 4. The lowest BCUT2D eigenvalue weighted by Crippen LogP contribution is -2.59. The molecule has 36 heavy (non-hydrogen) atoms. The predicted molar refractivity (Wildman–Crippen MR) is 134 cm³/mol. The molecule has 2 aliphatic rings. The van der Waals surface area contributed by atoms with Crippen LogP contribution in [0.3, 0.4) is 0 Å². The first-order valence-corrected chi connectivity index (χ1v) is 12.5. The average Bonchev–Trinajstić information content (AvgIpc) is 3.20. The normalized spacial score (nSPS) is 24.0. The van der Waals surface area contributed by atoms with Crippen LogP contribution in [0.5, 0.6) is 0 Å². The predicted octanol–water partition coefficient (Wildman–Crippen LogP) is 1.78. The first kappa shape index (κ1) is 24.5. The summed E-state index contributed by atoms with van der Waals surface area (Å²) in [4.78, 5) is 46.2. The SMILES string of the molecule is CC(C)c1nc2ccccc2n1CC(=O)N1CCC2(CC1)C[C@H](n1ccc(=O)[nH]c1=O)[C@@](C)(O)CO2. The zero-order valence-electron chi connectivity index (χ0n) is 20.9. The van der Waals surface area contributed by atoms with E-state index in [1.54, 1.807) is 6.92 Å². The number of amides is 1. The maximum absolute atomic E-state index is 13.3. The number of ether oxygens (including phenoxy) is 1. The molecule has 0 aliphatic carbocycles. The molecular formula is C26H33N5O5. The number of aromatic nitrogens is 4. The second-order valence-electron chi connectivity index (χ2n) is 10.6.